The van der Waals surface area contributed by atoms with Crippen LogP contribution in [0.2, 0.25) is 0 Å². The number of anilines is 1. The van der Waals surface area contributed by atoms with Crippen molar-refractivity contribution in [1.82, 2.24) is 9.97 Å². The van der Waals surface area contributed by atoms with Crippen LogP contribution in [0.4, 0.5) is 5.82 Å². The Kier molecular flexibility index (Phi) is 4.30. The highest BCUT2D eigenvalue weighted by atomic mass is 16.4. The summed E-state index contributed by atoms with van der Waals surface area (Å²) < 4.78 is 0. The average molecular weight is 271 g/mol. The molecule has 0 aliphatic heterocycles. The Morgan fingerprint density at radius 3 is 2.75 bits per heavy atom. The molecule has 5 nitrogen and oxygen atoms in total. The van der Waals surface area contributed by atoms with Gasteiger partial charge >= 0.3 is 5.97 Å². The molecule has 1 heterocycles. The van der Waals surface area contributed by atoms with Crippen LogP contribution in [0.1, 0.15) is 29.3 Å². The highest BCUT2D eigenvalue weighted by Gasteiger charge is 2.14. The van der Waals surface area contributed by atoms with Crippen molar-refractivity contribution in [3.05, 3.63) is 41.6 Å². The Hall–Kier alpha value is -2.43. The summed E-state index contributed by atoms with van der Waals surface area (Å²) >= 11 is 0. The van der Waals surface area contributed by atoms with E-state index < -0.39 is 5.97 Å². The first-order valence-electron chi connectivity index (χ1n) is 6.53. The van der Waals surface area contributed by atoms with Gasteiger partial charge in [-0.25, -0.2) is 14.8 Å². The molecule has 0 atom stereocenters. The van der Waals surface area contributed by atoms with E-state index in [-0.39, 0.29) is 5.56 Å². The van der Waals surface area contributed by atoms with Crippen molar-refractivity contribution in [2.75, 3.05) is 11.9 Å². The maximum atomic E-state index is 11.2. The van der Waals surface area contributed by atoms with Crippen LogP contribution in [0.15, 0.2) is 30.5 Å². The molecule has 0 aliphatic rings. The van der Waals surface area contributed by atoms with E-state index in [0.29, 0.717) is 18.2 Å². The van der Waals surface area contributed by atoms with Gasteiger partial charge in [-0.1, -0.05) is 31.2 Å². The molecule has 1 aromatic heterocycles. The standard InChI is InChI=1S/C15H17N3O2/c1-3-8-16-14-12(15(19)20)9-17-13(18-14)11-7-5-4-6-10(11)2/h4-7,9H,3,8H2,1-2H3,(H,19,20)(H,16,17,18). The molecule has 0 aliphatic carbocycles. The number of benzene rings is 1. The van der Waals surface area contributed by atoms with E-state index in [1.54, 1.807) is 0 Å². The number of carbonyl (C=O) groups is 1. The van der Waals surface area contributed by atoms with Crippen molar-refractivity contribution in [1.29, 1.82) is 0 Å². The summed E-state index contributed by atoms with van der Waals surface area (Å²) in [5.41, 5.74) is 2.05. The first kappa shape index (κ1) is 14.0. The highest BCUT2D eigenvalue weighted by Crippen LogP contribution is 2.22. The number of aromatic carboxylic acids is 1. The summed E-state index contributed by atoms with van der Waals surface area (Å²) in [7, 11) is 0. The molecule has 20 heavy (non-hydrogen) atoms. The second kappa shape index (κ2) is 6.14. The lowest BCUT2D eigenvalue weighted by molar-refractivity contribution is 0.0697. The molecular weight excluding hydrogens is 254 g/mol. The molecule has 0 saturated heterocycles. The fraction of sp³-hybridized carbons (Fsp3) is 0.267. The molecule has 0 spiro atoms. The fourth-order valence-corrected chi connectivity index (χ4v) is 1.87. The van der Waals surface area contributed by atoms with Gasteiger partial charge < -0.3 is 10.4 Å². The van der Waals surface area contributed by atoms with Gasteiger partial charge in [-0.3, -0.25) is 0 Å². The van der Waals surface area contributed by atoms with E-state index in [2.05, 4.69) is 15.3 Å². The van der Waals surface area contributed by atoms with Gasteiger partial charge in [0.2, 0.25) is 0 Å². The number of rotatable bonds is 5. The Morgan fingerprint density at radius 2 is 2.10 bits per heavy atom. The fourth-order valence-electron chi connectivity index (χ4n) is 1.87. The van der Waals surface area contributed by atoms with Gasteiger partial charge in [0.1, 0.15) is 11.4 Å². The Bertz CT molecular complexity index is 626. The first-order valence-corrected chi connectivity index (χ1v) is 6.53. The van der Waals surface area contributed by atoms with Crippen molar-refractivity contribution in [3.63, 3.8) is 0 Å². The van der Waals surface area contributed by atoms with Crippen LogP contribution in [0.3, 0.4) is 0 Å². The Balaban J connectivity index is 2.46. The predicted octanol–water partition coefficient (Wildman–Crippen LogP) is 2.97. The zero-order valence-electron chi connectivity index (χ0n) is 11.6. The normalized spacial score (nSPS) is 10.3. The number of nitrogens with one attached hydrogen (secondary N) is 1. The number of aryl methyl sites for hydroxylation is 1. The average Bonchev–Trinajstić information content (AvgIpc) is 2.45. The van der Waals surface area contributed by atoms with Crippen LogP contribution in [0.25, 0.3) is 11.4 Å². The van der Waals surface area contributed by atoms with Crippen LogP contribution >= 0.6 is 0 Å². The van der Waals surface area contributed by atoms with E-state index in [1.165, 1.54) is 6.20 Å². The molecule has 0 fully saturated rings. The van der Waals surface area contributed by atoms with Gasteiger partial charge in [-0.05, 0) is 18.9 Å². The van der Waals surface area contributed by atoms with E-state index in [1.807, 2.05) is 38.1 Å². The molecule has 104 valence electrons. The van der Waals surface area contributed by atoms with Crippen LogP contribution in [-0.2, 0) is 0 Å². The first-order chi connectivity index (χ1) is 9.63. The number of carboxylic acids is 1. The third kappa shape index (κ3) is 2.93. The summed E-state index contributed by atoms with van der Waals surface area (Å²) in [6.45, 7) is 4.66. The van der Waals surface area contributed by atoms with Crippen molar-refractivity contribution >= 4 is 11.8 Å². The maximum absolute atomic E-state index is 11.2. The van der Waals surface area contributed by atoms with Crippen molar-refractivity contribution in [2.45, 2.75) is 20.3 Å². The van der Waals surface area contributed by atoms with E-state index in [0.717, 1.165) is 17.5 Å². The van der Waals surface area contributed by atoms with Gasteiger partial charge in [-0.15, -0.1) is 0 Å². The minimum Gasteiger partial charge on any atom is -0.477 e. The molecule has 0 saturated carbocycles. The highest BCUT2D eigenvalue weighted by molar-refractivity contribution is 5.93. The molecule has 1 aromatic carbocycles. The lowest BCUT2D eigenvalue weighted by Crippen LogP contribution is -2.10. The molecule has 5 heteroatoms. The lowest BCUT2D eigenvalue weighted by Gasteiger charge is -2.10. The predicted molar refractivity (Wildman–Crippen MR) is 77.9 cm³/mol. The van der Waals surface area contributed by atoms with Gasteiger partial charge in [0, 0.05) is 18.3 Å². The molecule has 0 radical (unpaired) electrons. The number of hydrogen-bond acceptors (Lipinski definition) is 4. The third-order valence-corrected chi connectivity index (χ3v) is 2.95. The number of hydrogen-bond donors (Lipinski definition) is 2. The van der Waals surface area contributed by atoms with Crippen LogP contribution in [-0.4, -0.2) is 27.6 Å². The van der Waals surface area contributed by atoms with Crippen LogP contribution in [0, 0.1) is 6.92 Å². The topological polar surface area (TPSA) is 75.1 Å². The summed E-state index contributed by atoms with van der Waals surface area (Å²) in [4.78, 5) is 19.7. The molecule has 0 amide bonds. The molecule has 0 unspecified atom stereocenters. The van der Waals surface area contributed by atoms with Gasteiger partial charge in [0.25, 0.3) is 0 Å². The molecule has 2 rings (SSSR count). The maximum Gasteiger partial charge on any atom is 0.341 e. The molecule has 0 bridgehead atoms. The third-order valence-electron chi connectivity index (χ3n) is 2.95. The summed E-state index contributed by atoms with van der Waals surface area (Å²) in [5, 5.41) is 12.2. The van der Waals surface area contributed by atoms with E-state index in [4.69, 9.17) is 5.11 Å². The van der Waals surface area contributed by atoms with Gasteiger partial charge in [0.15, 0.2) is 5.82 Å². The second-order valence-corrected chi connectivity index (χ2v) is 4.50. The second-order valence-electron chi connectivity index (χ2n) is 4.50. The molecule has 2 aromatic rings. The minimum atomic E-state index is -1.03. The Labute approximate surface area is 117 Å². The monoisotopic (exact) mass is 271 g/mol. The quantitative estimate of drug-likeness (QED) is 0.874. The van der Waals surface area contributed by atoms with Gasteiger partial charge in [-0.2, -0.15) is 0 Å². The number of aromatic nitrogens is 2. The van der Waals surface area contributed by atoms with Crippen molar-refractivity contribution in [2.24, 2.45) is 0 Å². The van der Waals surface area contributed by atoms with Crippen molar-refractivity contribution in [3.8, 4) is 11.4 Å². The summed E-state index contributed by atoms with van der Waals surface area (Å²) in [6, 6.07) is 7.76. The zero-order valence-corrected chi connectivity index (χ0v) is 11.6. The number of nitrogens with zero attached hydrogens (tertiary/aromatic N) is 2. The van der Waals surface area contributed by atoms with E-state index >= 15 is 0 Å². The van der Waals surface area contributed by atoms with Gasteiger partial charge in [0.05, 0.1) is 0 Å². The molecular formula is C15H17N3O2. The SMILES string of the molecule is CCCNc1nc(-c2ccccc2C)ncc1C(=O)O. The minimum absolute atomic E-state index is 0.0933. The summed E-state index contributed by atoms with van der Waals surface area (Å²) in [6.07, 6.45) is 2.25. The largest absolute Gasteiger partial charge is 0.477 e. The smallest absolute Gasteiger partial charge is 0.341 e. The lowest BCUT2D eigenvalue weighted by atomic mass is 10.1. The Morgan fingerprint density at radius 1 is 1.35 bits per heavy atom. The van der Waals surface area contributed by atoms with Crippen molar-refractivity contribution < 1.29 is 9.90 Å². The number of carboxylic acid groups (broad SMARTS) is 1. The zero-order chi connectivity index (χ0) is 14.5. The molecule has 2 N–H and O–H groups in total. The summed E-state index contributed by atoms with van der Waals surface area (Å²) in [5.74, 6) is -0.126. The van der Waals surface area contributed by atoms with E-state index in [9.17, 15) is 4.79 Å². The van der Waals surface area contributed by atoms with Crippen LogP contribution < -0.4 is 5.32 Å². The van der Waals surface area contributed by atoms with Crippen LogP contribution in [0.5, 0.6) is 0 Å².